The number of aliphatic hydroxyl groups is 1. The first-order chi connectivity index (χ1) is 3.39. The maximum Gasteiger partial charge on any atom is 0.0540 e. The second-order valence-corrected chi connectivity index (χ2v) is 2.29. The Morgan fingerprint density at radius 3 is 1.75 bits per heavy atom. The smallest absolute Gasteiger partial charge is 0.0540 e. The molecule has 1 aliphatic carbocycles. The van der Waals surface area contributed by atoms with E-state index in [1.807, 2.05) is 0 Å². The van der Waals surface area contributed by atoms with Crippen molar-refractivity contribution in [2.75, 3.05) is 0 Å². The van der Waals surface area contributed by atoms with Crippen LogP contribution in [0.1, 0.15) is 32.1 Å². The standard InChI is InChI=1S/C6H12O.Na/c7-6-4-2-1-3-5-6;/h6-7H,1-5H2;. The van der Waals surface area contributed by atoms with E-state index in [0.717, 1.165) is 12.8 Å². The van der Waals surface area contributed by atoms with Gasteiger partial charge in [0.2, 0.25) is 0 Å². The summed E-state index contributed by atoms with van der Waals surface area (Å²) in [7, 11) is 0. The van der Waals surface area contributed by atoms with Crippen molar-refractivity contribution in [3.05, 3.63) is 0 Å². The van der Waals surface area contributed by atoms with Crippen molar-refractivity contribution in [3.63, 3.8) is 0 Å². The summed E-state index contributed by atoms with van der Waals surface area (Å²) in [5.41, 5.74) is 0. The van der Waals surface area contributed by atoms with Gasteiger partial charge >= 0.3 is 0 Å². The summed E-state index contributed by atoms with van der Waals surface area (Å²) in [4.78, 5) is 0. The summed E-state index contributed by atoms with van der Waals surface area (Å²) < 4.78 is 0. The normalized spacial score (nSPS) is 22.1. The van der Waals surface area contributed by atoms with E-state index in [1.165, 1.54) is 19.3 Å². The van der Waals surface area contributed by atoms with Crippen LogP contribution in [0.3, 0.4) is 0 Å². The predicted molar refractivity (Wildman–Crippen MR) is 34.8 cm³/mol. The molecule has 0 atom stereocenters. The molecule has 0 aromatic carbocycles. The Hall–Kier alpha value is 0.960. The first-order valence-electron chi connectivity index (χ1n) is 3.07. The maximum absolute atomic E-state index is 8.91. The van der Waals surface area contributed by atoms with Crippen molar-refractivity contribution in [3.8, 4) is 0 Å². The first-order valence-corrected chi connectivity index (χ1v) is 3.07. The van der Waals surface area contributed by atoms with Gasteiger partial charge in [-0.3, -0.25) is 0 Å². The second-order valence-electron chi connectivity index (χ2n) is 2.29. The second kappa shape index (κ2) is 4.80. The molecule has 0 spiro atoms. The molecule has 0 unspecified atom stereocenters. The van der Waals surface area contributed by atoms with Crippen LogP contribution in [0, 0.1) is 0 Å². The van der Waals surface area contributed by atoms with Gasteiger partial charge < -0.3 is 5.11 Å². The van der Waals surface area contributed by atoms with Crippen molar-refractivity contribution >= 4 is 29.6 Å². The van der Waals surface area contributed by atoms with Gasteiger partial charge in [0.1, 0.15) is 0 Å². The van der Waals surface area contributed by atoms with E-state index in [1.54, 1.807) is 0 Å². The van der Waals surface area contributed by atoms with E-state index in [9.17, 15) is 0 Å². The molecule has 43 valence electrons. The molecule has 0 amide bonds. The monoisotopic (exact) mass is 123 g/mol. The quantitative estimate of drug-likeness (QED) is 0.475. The van der Waals surface area contributed by atoms with Gasteiger partial charge in [-0.15, -0.1) is 0 Å². The number of hydrogen-bond acceptors (Lipinski definition) is 1. The van der Waals surface area contributed by atoms with Gasteiger partial charge in [-0.05, 0) is 12.8 Å². The largest absolute Gasteiger partial charge is 0.393 e. The molecule has 0 aromatic rings. The molecular formula is C6H12NaO. The fourth-order valence-electron chi connectivity index (χ4n) is 1.08. The van der Waals surface area contributed by atoms with Gasteiger partial charge in [-0.2, -0.15) is 0 Å². The summed E-state index contributed by atoms with van der Waals surface area (Å²) >= 11 is 0. The number of aliphatic hydroxyl groups excluding tert-OH is 1. The average Bonchev–Trinajstić information content (AvgIpc) is 1.69. The number of hydrogen-bond donors (Lipinski definition) is 1. The van der Waals surface area contributed by atoms with Crippen LogP contribution in [0.4, 0.5) is 0 Å². The molecule has 2 heteroatoms. The van der Waals surface area contributed by atoms with E-state index in [4.69, 9.17) is 5.11 Å². The Balaban J connectivity index is 0.000000490. The van der Waals surface area contributed by atoms with Crippen LogP contribution in [-0.4, -0.2) is 40.8 Å². The van der Waals surface area contributed by atoms with Crippen LogP contribution >= 0.6 is 0 Å². The maximum atomic E-state index is 8.91. The van der Waals surface area contributed by atoms with Gasteiger partial charge in [0.25, 0.3) is 0 Å². The third-order valence-electron chi connectivity index (χ3n) is 1.57. The van der Waals surface area contributed by atoms with Crippen LogP contribution in [0.5, 0.6) is 0 Å². The third kappa shape index (κ3) is 3.08. The fourth-order valence-corrected chi connectivity index (χ4v) is 1.08. The van der Waals surface area contributed by atoms with E-state index < -0.39 is 0 Å². The minimum absolute atomic E-state index is 0. The SMILES string of the molecule is OC1CCCCC1.[Na]. The Morgan fingerprint density at radius 2 is 1.50 bits per heavy atom. The van der Waals surface area contributed by atoms with E-state index in [2.05, 4.69) is 0 Å². The Labute approximate surface area is 72.8 Å². The van der Waals surface area contributed by atoms with Crippen LogP contribution in [-0.2, 0) is 0 Å². The topological polar surface area (TPSA) is 20.2 Å². The molecule has 1 fully saturated rings. The van der Waals surface area contributed by atoms with Gasteiger partial charge in [0, 0.05) is 29.6 Å². The van der Waals surface area contributed by atoms with Gasteiger partial charge in [-0.1, -0.05) is 19.3 Å². The van der Waals surface area contributed by atoms with Crippen molar-refractivity contribution < 1.29 is 5.11 Å². The van der Waals surface area contributed by atoms with Crippen molar-refractivity contribution in [1.29, 1.82) is 0 Å². The molecule has 1 saturated carbocycles. The molecule has 1 N–H and O–H groups in total. The molecule has 0 aromatic heterocycles. The number of rotatable bonds is 0. The van der Waals surface area contributed by atoms with Crippen molar-refractivity contribution in [1.82, 2.24) is 0 Å². The molecule has 8 heavy (non-hydrogen) atoms. The summed E-state index contributed by atoms with van der Waals surface area (Å²) in [6.07, 6.45) is 5.92. The molecule has 0 aliphatic heterocycles. The molecule has 1 rings (SSSR count). The van der Waals surface area contributed by atoms with Crippen LogP contribution in [0.15, 0.2) is 0 Å². The zero-order chi connectivity index (χ0) is 5.11. The molecule has 1 aliphatic rings. The molecule has 1 radical (unpaired) electrons. The predicted octanol–water partition coefficient (Wildman–Crippen LogP) is 0.931. The molecule has 0 heterocycles. The molecule has 0 bridgehead atoms. The third-order valence-corrected chi connectivity index (χ3v) is 1.57. The molecular weight excluding hydrogens is 111 g/mol. The van der Waals surface area contributed by atoms with Crippen molar-refractivity contribution in [2.45, 2.75) is 38.2 Å². The van der Waals surface area contributed by atoms with Crippen LogP contribution in [0.25, 0.3) is 0 Å². The summed E-state index contributed by atoms with van der Waals surface area (Å²) in [5.74, 6) is 0. The summed E-state index contributed by atoms with van der Waals surface area (Å²) in [6.45, 7) is 0. The zero-order valence-corrected chi connectivity index (χ0v) is 7.56. The van der Waals surface area contributed by atoms with E-state index >= 15 is 0 Å². The summed E-state index contributed by atoms with van der Waals surface area (Å²) in [5, 5.41) is 8.91. The Kier molecular flexibility index (Phi) is 5.38. The van der Waals surface area contributed by atoms with E-state index in [0.29, 0.717) is 0 Å². The fraction of sp³-hybridized carbons (Fsp3) is 1.00. The Morgan fingerprint density at radius 1 is 1.00 bits per heavy atom. The minimum Gasteiger partial charge on any atom is -0.393 e. The average molecular weight is 123 g/mol. The van der Waals surface area contributed by atoms with Crippen molar-refractivity contribution in [2.24, 2.45) is 0 Å². The summed E-state index contributed by atoms with van der Waals surface area (Å²) in [6, 6.07) is 0. The van der Waals surface area contributed by atoms with Crippen LogP contribution in [0.2, 0.25) is 0 Å². The minimum atomic E-state index is 0. The van der Waals surface area contributed by atoms with Gasteiger partial charge in [0.05, 0.1) is 6.10 Å². The van der Waals surface area contributed by atoms with E-state index in [-0.39, 0.29) is 35.7 Å². The molecule has 0 saturated heterocycles. The molecule has 1 nitrogen and oxygen atoms in total. The van der Waals surface area contributed by atoms with Gasteiger partial charge in [0.15, 0.2) is 0 Å². The zero-order valence-electron chi connectivity index (χ0n) is 5.56. The van der Waals surface area contributed by atoms with Crippen LogP contribution < -0.4 is 0 Å². The Bertz CT molecular complexity index is 50.5. The van der Waals surface area contributed by atoms with Gasteiger partial charge in [-0.25, -0.2) is 0 Å². The first kappa shape index (κ1) is 8.96.